The van der Waals surface area contributed by atoms with Crippen molar-refractivity contribution in [3.8, 4) is 5.88 Å². The lowest BCUT2D eigenvalue weighted by atomic mass is 10.2. The fourth-order valence-corrected chi connectivity index (χ4v) is 3.18. The summed E-state index contributed by atoms with van der Waals surface area (Å²) < 4.78 is 19.6. The molecule has 25 heavy (non-hydrogen) atoms. The van der Waals surface area contributed by atoms with Gasteiger partial charge >= 0.3 is 0 Å². The van der Waals surface area contributed by atoms with Crippen molar-refractivity contribution in [2.75, 3.05) is 5.32 Å². The molecule has 1 aliphatic carbocycles. The molecule has 0 saturated heterocycles. The van der Waals surface area contributed by atoms with Gasteiger partial charge in [0.1, 0.15) is 24.1 Å². The molecular formula is C19H19FN4O. The van der Waals surface area contributed by atoms with Gasteiger partial charge in [0.05, 0.1) is 5.52 Å². The van der Waals surface area contributed by atoms with E-state index in [1.807, 2.05) is 12.1 Å². The van der Waals surface area contributed by atoms with E-state index in [1.54, 1.807) is 12.3 Å². The van der Waals surface area contributed by atoms with Gasteiger partial charge in [-0.05, 0) is 49.9 Å². The smallest absolute Gasteiger partial charge is 0.218 e. The van der Waals surface area contributed by atoms with Crippen molar-refractivity contribution in [2.45, 2.75) is 38.3 Å². The molecule has 4 rings (SSSR count). The monoisotopic (exact) mass is 338 g/mol. The first-order valence-electron chi connectivity index (χ1n) is 8.54. The first kappa shape index (κ1) is 15.7. The van der Waals surface area contributed by atoms with Crippen molar-refractivity contribution >= 4 is 16.7 Å². The number of hydrogen-bond donors (Lipinski definition) is 1. The standard InChI is InChI=1S/C19H19FN4O/c20-14-7-8-17-16(10-14)18(24-12-23-17)22-11-13-4-3-9-21-19(13)25-15-5-1-2-6-15/h3-4,7-10,12,15H,1-2,5-6,11H2,(H,22,23,24). The highest BCUT2D eigenvalue weighted by molar-refractivity contribution is 5.88. The number of aromatic nitrogens is 3. The normalized spacial score (nSPS) is 14.8. The zero-order chi connectivity index (χ0) is 17.1. The molecule has 2 aromatic heterocycles. The summed E-state index contributed by atoms with van der Waals surface area (Å²) in [6, 6.07) is 8.35. The average molecular weight is 338 g/mol. The SMILES string of the molecule is Fc1ccc2ncnc(NCc3cccnc3OC3CCCC3)c2c1. The number of anilines is 1. The second-order valence-corrected chi connectivity index (χ2v) is 6.23. The van der Waals surface area contributed by atoms with E-state index >= 15 is 0 Å². The lowest BCUT2D eigenvalue weighted by Gasteiger charge is -2.16. The first-order chi connectivity index (χ1) is 12.3. The molecule has 0 atom stereocenters. The first-order valence-corrected chi connectivity index (χ1v) is 8.54. The number of nitrogens with one attached hydrogen (secondary N) is 1. The van der Waals surface area contributed by atoms with Gasteiger partial charge in [-0.1, -0.05) is 6.07 Å². The summed E-state index contributed by atoms with van der Waals surface area (Å²) in [5, 5.41) is 3.92. The molecule has 1 aromatic carbocycles. The van der Waals surface area contributed by atoms with Crippen LogP contribution in [0.15, 0.2) is 42.9 Å². The molecule has 1 aliphatic rings. The van der Waals surface area contributed by atoms with Crippen LogP contribution in [0.25, 0.3) is 10.9 Å². The minimum atomic E-state index is -0.308. The topological polar surface area (TPSA) is 59.9 Å². The Morgan fingerprint density at radius 1 is 1.12 bits per heavy atom. The predicted molar refractivity (Wildman–Crippen MR) is 93.9 cm³/mol. The number of halogens is 1. The van der Waals surface area contributed by atoms with E-state index in [4.69, 9.17) is 4.74 Å². The highest BCUT2D eigenvalue weighted by atomic mass is 19.1. The zero-order valence-electron chi connectivity index (χ0n) is 13.8. The minimum absolute atomic E-state index is 0.252. The molecule has 0 bridgehead atoms. The van der Waals surface area contributed by atoms with Gasteiger partial charge in [-0.25, -0.2) is 19.3 Å². The molecule has 0 radical (unpaired) electrons. The maximum atomic E-state index is 13.6. The van der Waals surface area contributed by atoms with E-state index in [1.165, 1.54) is 31.3 Å². The van der Waals surface area contributed by atoms with Crippen LogP contribution in [0.4, 0.5) is 10.2 Å². The summed E-state index contributed by atoms with van der Waals surface area (Å²) >= 11 is 0. The molecule has 0 spiro atoms. The minimum Gasteiger partial charge on any atom is -0.474 e. The van der Waals surface area contributed by atoms with Crippen molar-refractivity contribution in [2.24, 2.45) is 0 Å². The molecule has 0 amide bonds. The largest absolute Gasteiger partial charge is 0.474 e. The molecule has 0 unspecified atom stereocenters. The third-order valence-corrected chi connectivity index (χ3v) is 4.47. The second kappa shape index (κ2) is 7.01. The van der Waals surface area contributed by atoms with E-state index < -0.39 is 0 Å². The van der Waals surface area contributed by atoms with Crippen LogP contribution in [-0.2, 0) is 6.54 Å². The highest BCUT2D eigenvalue weighted by Crippen LogP contribution is 2.26. The third kappa shape index (κ3) is 3.52. The Morgan fingerprint density at radius 2 is 2.00 bits per heavy atom. The quantitative estimate of drug-likeness (QED) is 0.759. The summed E-state index contributed by atoms with van der Waals surface area (Å²) in [5.74, 6) is 0.948. The summed E-state index contributed by atoms with van der Waals surface area (Å²) in [6.07, 6.45) is 8.05. The molecule has 3 aromatic rings. The number of nitrogens with zero attached hydrogens (tertiary/aromatic N) is 3. The number of ether oxygens (including phenoxy) is 1. The Labute approximate surface area is 145 Å². The lowest BCUT2D eigenvalue weighted by Crippen LogP contribution is -2.14. The maximum absolute atomic E-state index is 13.6. The van der Waals surface area contributed by atoms with Crippen LogP contribution in [0, 0.1) is 5.82 Å². The number of rotatable bonds is 5. The van der Waals surface area contributed by atoms with Gasteiger partial charge in [0.15, 0.2) is 0 Å². The number of fused-ring (bicyclic) bond motifs is 1. The summed E-state index contributed by atoms with van der Waals surface area (Å²) in [4.78, 5) is 12.8. The molecular weight excluding hydrogens is 319 g/mol. The van der Waals surface area contributed by atoms with Gasteiger partial charge in [-0.2, -0.15) is 0 Å². The Balaban J connectivity index is 1.55. The van der Waals surface area contributed by atoms with Crippen LogP contribution >= 0.6 is 0 Å². The second-order valence-electron chi connectivity index (χ2n) is 6.23. The van der Waals surface area contributed by atoms with Gasteiger partial charge in [-0.15, -0.1) is 0 Å². The van der Waals surface area contributed by atoms with Crippen LogP contribution < -0.4 is 10.1 Å². The molecule has 0 aliphatic heterocycles. The van der Waals surface area contributed by atoms with Gasteiger partial charge in [0, 0.05) is 23.7 Å². The van der Waals surface area contributed by atoms with Gasteiger partial charge < -0.3 is 10.1 Å². The van der Waals surface area contributed by atoms with E-state index in [9.17, 15) is 4.39 Å². The third-order valence-electron chi connectivity index (χ3n) is 4.47. The molecule has 128 valence electrons. The fourth-order valence-electron chi connectivity index (χ4n) is 3.18. The van der Waals surface area contributed by atoms with Crippen molar-refractivity contribution < 1.29 is 9.13 Å². The Kier molecular flexibility index (Phi) is 4.41. The number of benzene rings is 1. The molecule has 5 nitrogen and oxygen atoms in total. The molecule has 1 N–H and O–H groups in total. The average Bonchev–Trinajstić information content (AvgIpc) is 3.14. The molecule has 6 heteroatoms. The van der Waals surface area contributed by atoms with Crippen LogP contribution in [0.3, 0.4) is 0 Å². The van der Waals surface area contributed by atoms with Crippen molar-refractivity contribution in [1.29, 1.82) is 0 Å². The molecule has 2 heterocycles. The van der Waals surface area contributed by atoms with Crippen LogP contribution in [0.2, 0.25) is 0 Å². The predicted octanol–water partition coefficient (Wildman–Crippen LogP) is 4.10. The lowest BCUT2D eigenvalue weighted by molar-refractivity contribution is 0.199. The highest BCUT2D eigenvalue weighted by Gasteiger charge is 2.18. The molecule has 1 saturated carbocycles. The Bertz CT molecular complexity index is 880. The van der Waals surface area contributed by atoms with E-state index in [-0.39, 0.29) is 11.9 Å². The summed E-state index contributed by atoms with van der Waals surface area (Å²) in [6.45, 7) is 0.499. The van der Waals surface area contributed by atoms with Crippen molar-refractivity contribution in [3.63, 3.8) is 0 Å². The number of pyridine rings is 1. The van der Waals surface area contributed by atoms with Crippen LogP contribution in [-0.4, -0.2) is 21.1 Å². The van der Waals surface area contributed by atoms with Gasteiger partial charge in [-0.3, -0.25) is 0 Å². The Hall–Kier alpha value is -2.76. The van der Waals surface area contributed by atoms with Crippen LogP contribution in [0.1, 0.15) is 31.2 Å². The van der Waals surface area contributed by atoms with E-state index in [2.05, 4.69) is 20.3 Å². The fraction of sp³-hybridized carbons (Fsp3) is 0.316. The van der Waals surface area contributed by atoms with Gasteiger partial charge in [0.2, 0.25) is 5.88 Å². The number of hydrogen-bond acceptors (Lipinski definition) is 5. The van der Waals surface area contributed by atoms with Crippen molar-refractivity contribution in [3.05, 3.63) is 54.2 Å². The maximum Gasteiger partial charge on any atom is 0.218 e. The van der Waals surface area contributed by atoms with Crippen LogP contribution in [0.5, 0.6) is 5.88 Å². The summed E-state index contributed by atoms with van der Waals surface area (Å²) in [7, 11) is 0. The van der Waals surface area contributed by atoms with E-state index in [0.717, 1.165) is 18.4 Å². The molecule has 1 fully saturated rings. The zero-order valence-corrected chi connectivity index (χ0v) is 13.8. The summed E-state index contributed by atoms with van der Waals surface area (Å²) in [5.41, 5.74) is 1.66. The van der Waals surface area contributed by atoms with Crippen molar-refractivity contribution in [1.82, 2.24) is 15.0 Å². The van der Waals surface area contributed by atoms with E-state index in [0.29, 0.717) is 29.1 Å². The van der Waals surface area contributed by atoms with Gasteiger partial charge in [0.25, 0.3) is 0 Å². The Morgan fingerprint density at radius 3 is 2.88 bits per heavy atom.